The van der Waals surface area contributed by atoms with Gasteiger partial charge in [0.1, 0.15) is 0 Å². The highest BCUT2D eigenvalue weighted by molar-refractivity contribution is 4.83. The number of rotatable bonds is 7. The Kier molecular flexibility index (Phi) is 5.94. The maximum Gasteiger partial charge on any atom is 0.00924 e. The molecule has 0 bridgehead atoms. The van der Waals surface area contributed by atoms with Gasteiger partial charge >= 0.3 is 0 Å². The molecule has 0 aromatic rings. The summed E-state index contributed by atoms with van der Waals surface area (Å²) >= 11 is 0. The normalized spacial score (nSPS) is 21.4. The zero-order valence-electron chi connectivity index (χ0n) is 12.6. The lowest BCUT2D eigenvalue weighted by atomic mass is 9.86. The molecule has 17 heavy (non-hydrogen) atoms. The Balaban J connectivity index is 2.42. The van der Waals surface area contributed by atoms with Crippen molar-refractivity contribution in [2.24, 2.45) is 5.41 Å². The first-order valence-corrected chi connectivity index (χ1v) is 7.40. The molecule has 0 amide bonds. The van der Waals surface area contributed by atoms with Gasteiger partial charge in [0.25, 0.3) is 0 Å². The van der Waals surface area contributed by atoms with Crippen molar-refractivity contribution in [3.8, 4) is 0 Å². The van der Waals surface area contributed by atoms with Crippen LogP contribution in [0.2, 0.25) is 0 Å². The predicted molar refractivity (Wildman–Crippen MR) is 76.4 cm³/mol. The molecular formula is C15H32N2. The first kappa shape index (κ1) is 15.0. The van der Waals surface area contributed by atoms with Crippen molar-refractivity contribution in [3.63, 3.8) is 0 Å². The first-order valence-electron chi connectivity index (χ1n) is 7.40. The van der Waals surface area contributed by atoms with Crippen molar-refractivity contribution >= 4 is 0 Å². The second-order valence-electron chi connectivity index (χ2n) is 6.55. The van der Waals surface area contributed by atoms with E-state index >= 15 is 0 Å². The molecule has 0 saturated heterocycles. The highest BCUT2D eigenvalue weighted by Crippen LogP contribution is 2.27. The molecule has 0 aliphatic heterocycles. The molecule has 1 rings (SSSR count). The summed E-state index contributed by atoms with van der Waals surface area (Å²) in [5.41, 5.74) is 0.418. The van der Waals surface area contributed by atoms with Gasteiger partial charge in [-0.2, -0.15) is 0 Å². The summed E-state index contributed by atoms with van der Waals surface area (Å²) in [5.74, 6) is 0. The van der Waals surface area contributed by atoms with Gasteiger partial charge in [-0.15, -0.1) is 0 Å². The molecule has 0 spiro atoms. The Bertz CT molecular complexity index is 209. The van der Waals surface area contributed by atoms with Crippen LogP contribution in [-0.4, -0.2) is 37.1 Å². The lowest BCUT2D eigenvalue weighted by Gasteiger charge is -2.36. The smallest absolute Gasteiger partial charge is 0.00924 e. The minimum absolute atomic E-state index is 0.418. The molecule has 0 aromatic heterocycles. The van der Waals surface area contributed by atoms with Crippen LogP contribution in [0.4, 0.5) is 0 Å². The van der Waals surface area contributed by atoms with Gasteiger partial charge < -0.3 is 10.2 Å². The van der Waals surface area contributed by atoms with Crippen LogP contribution in [0.25, 0.3) is 0 Å². The number of hydrogen-bond donors (Lipinski definition) is 1. The summed E-state index contributed by atoms with van der Waals surface area (Å²) in [6, 6.07) is 1.44. The second-order valence-corrected chi connectivity index (χ2v) is 6.55. The second kappa shape index (κ2) is 6.75. The summed E-state index contributed by atoms with van der Waals surface area (Å²) < 4.78 is 0. The molecule has 2 nitrogen and oxygen atoms in total. The number of hydrogen-bond acceptors (Lipinski definition) is 2. The van der Waals surface area contributed by atoms with Crippen molar-refractivity contribution in [2.75, 3.05) is 20.1 Å². The van der Waals surface area contributed by atoms with Gasteiger partial charge in [-0.05, 0) is 31.7 Å². The van der Waals surface area contributed by atoms with Crippen LogP contribution in [0.5, 0.6) is 0 Å². The van der Waals surface area contributed by atoms with Crippen LogP contribution < -0.4 is 5.32 Å². The van der Waals surface area contributed by atoms with E-state index in [2.05, 4.69) is 45.0 Å². The summed E-state index contributed by atoms with van der Waals surface area (Å²) in [5, 5.41) is 3.61. The minimum Gasteiger partial charge on any atom is -0.314 e. The van der Waals surface area contributed by atoms with Crippen LogP contribution in [0.1, 0.15) is 59.8 Å². The standard InChI is InChI=1S/C15H32N2/c1-6-15(4,11-16-13(2)3)12-17(5)14-9-7-8-10-14/h13-14,16H,6-12H2,1-5H3. The summed E-state index contributed by atoms with van der Waals surface area (Å²) in [6.07, 6.45) is 6.94. The molecule has 0 aromatic carbocycles. The van der Waals surface area contributed by atoms with Gasteiger partial charge in [0.05, 0.1) is 0 Å². The molecule has 1 aliphatic carbocycles. The Labute approximate surface area is 108 Å². The van der Waals surface area contributed by atoms with E-state index < -0.39 is 0 Å². The maximum atomic E-state index is 3.61. The average molecular weight is 240 g/mol. The van der Waals surface area contributed by atoms with Gasteiger partial charge in [0, 0.05) is 25.2 Å². The quantitative estimate of drug-likeness (QED) is 0.735. The summed E-state index contributed by atoms with van der Waals surface area (Å²) in [4.78, 5) is 2.61. The third kappa shape index (κ3) is 4.97. The fourth-order valence-corrected chi connectivity index (χ4v) is 2.82. The van der Waals surface area contributed by atoms with E-state index in [4.69, 9.17) is 0 Å². The molecule has 1 atom stereocenters. The van der Waals surface area contributed by atoms with Crippen molar-refractivity contribution in [1.29, 1.82) is 0 Å². The van der Waals surface area contributed by atoms with E-state index in [1.54, 1.807) is 0 Å². The SMILES string of the molecule is CCC(C)(CNC(C)C)CN(C)C1CCCC1. The molecule has 102 valence electrons. The third-order valence-corrected chi connectivity index (χ3v) is 4.37. The fourth-order valence-electron chi connectivity index (χ4n) is 2.82. The Morgan fingerprint density at radius 3 is 2.35 bits per heavy atom. The summed E-state index contributed by atoms with van der Waals surface area (Å²) in [6.45, 7) is 11.6. The van der Waals surface area contributed by atoms with Crippen molar-refractivity contribution in [3.05, 3.63) is 0 Å². The Morgan fingerprint density at radius 2 is 1.88 bits per heavy atom. The average Bonchev–Trinajstić information content (AvgIpc) is 2.80. The molecule has 1 aliphatic rings. The number of nitrogens with one attached hydrogen (secondary N) is 1. The fraction of sp³-hybridized carbons (Fsp3) is 1.00. The van der Waals surface area contributed by atoms with Crippen LogP contribution in [0.3, 0.4) is 0 Å². The van der Waals surface area contributed by atoms with E-state index in [1.807, 2.05) is 0 Å². The number of nitrogens with zero attached hydrogens (tertiary/aromatic N) is 1. The zero-order chi connectivity index (χ0) is 12.9. The van der Waals surface area contributed by atoms with Gasteiger partial charge in [0.15, 0.2) is 0 Å². The van der Waals surface area contributed by atoms with E-state index in [1.165, 1.54) is 38.6 Å². The van der Waals surface area contributed by atoms with Crippen molar-refractivity contribution in [1.82, 2.24) is 10.2 Å². The van der Waals surface area contributed by atoms with Gasteiger partial charge in [-0.3, -0.25) is 0 Å². The largest absolute Gasteiger partial charge is 0.314 e. The molecule has 1 unspecified atom stereocenters. The maximum absolute atomic E-state index is 3.61. The lowest BCUT2D eigenvalue weighted by Crippen LogP contribution is -2.45. The summed E-state index contributed by atoms with van der Waals surface area (Å²) in [7, 11) is 2.32. The molecule has 1 fully saturated rings. The van der Waals surface area contributed by atoms with Gasteiger partial charge in [-0.1, -0.05) is 40.5 Å². The van der Waals surface area contributed by atoms with Gasteiger partial charge in [-0.25, -0.2) is 0 Å². The molecule has 2 heteroatoms. The van der Waals surface area contributed by atoms with Crippen LogP contribution >= 0.6 is 0 Å². The van der Waals surface area contributed by atoms with Crippen molar-refractivity contribution < 1.29 is 0 Å². The molecule has 1 saturated carbocycles. The van der Waals surface area contributed by atoms with E-state index in [0.717, 1.165) is 12.6 Å². The molecular weight excluding hydrogens is 208 g/mol. The third-order valence-electron chi connectivity index (χ3n) is 4.37. The molecule has 0 heterocycles. The van der Waals surface area contributed by atoms with E-state index in [-0.39, 0.29) is 0 Å². The van der Waals surface area contributed by atoms with Crippen molar-refractivity contribution in [2.45, 2.75) is 71.9 Å². The van der Waals surface area contributed by atoms with Crippen LogP contribution in [0.15, 0.2) is 0 Å². The Morgan fingerprint density at radius 1 is 1.29 bits per heavy atom. The molecule has 0 radical (unpaired) electrons. The highest BCUT2D eigenvalue weighted by atomic mass is 15.1. The Hall–Kier alpha value is -0.0800. The topological polar surface area (TPSA) is 15.3 Å². The lowest BCUT2D eigenvalue weighted by molar-refractivity contribution is 0.140. The highest BCUT2D eigenvalue weighted by Gasteiger charge is 2.28. The van der Waals surface area contributed by atoms with E-state index in [9.17, 15) is 0 Å². The van der Waals surface area contributed by atoms with Crippen LogP contribution in [-0.2, 0) is 0 Å². The van der Waals surface area contributed by atoms with Crippen LogP contribution in [0, 0.1) is 5.41 Å². The van der Waals surface area contributed by atoms with Gasteiger partial charge in [0.2, 0.25) is 0 Å². The predicted octanol–water partition coefficient (Wildman–Crippen LogP) is 3.28. The molecule has 1 N–H and O–H groups in total. The monoisotopic (exact) mass is 240 g/mol. The first-order chi connectivity index (χ1) is 7.97. The van der Waals surface area contributed by atoms with E-state index in [0.29, 0.717) is 11.5 Å². The zero-order valence-corrected chi connectivity index (χ0v) is 12.6. The minimum atomic E-state index is 0.418.